The number of nitrogens with one attached hydrogen (secondary N) is 1. The zero-order valence-electron chi connectivity index (χ0n) is 9.20. The molecule has 1 aliphatic carbocycles. The van der Waals surface area contributed by atoms with Crippen LogP contribution < -0.4 is 5.32 Å². The average Bonchev–Trinajstić information content (AvgIpc) is 2.98. The summed E-state index contributed by atoms with van der Waals surface area (Å²) in [7, 11) is 0. The van der Waals surface area contributed by atoms with Crippen molar-refractivity contribution < 1.29 is 4.79 Å². The SMILES string of the molecule is O=C(NC1(CCl)CC1)c1cc2ccccc2s1. The van der Waals surface area contributed by atoms with Crippen LogP contribution in [0.1, 0.15) is 22.5 Å². The molecule has 1 amide bonds. The minimum atomic E-state index is -0.130. The predicted molar refractivity (Wildman–Crippen MR) is 72.0 cm³/mol. The van der Waals surface area contributed by atoms with Crippen molar-refractivity contribution in [3.8, 4) is 0 Å². The van der Waals surface area contributed by atoms with Crippen LogP contribution in [0, 0.1) is 0 Å². The maximum Gasteiger partial charge on any atom is 0.261 e. The molecule has 17 heavy (non-hydrogen) atoms. The lowest BCUT2D eigenvalue weighted by Crippen LogP contribution is -2.37. The van der Waals surface area contributed by atoms with Gasteiger partial charge in [-0.1, -0.05) is 18.2 Å². The number of rotatable bonds is 3. The number of fused-ring (bicyclic) bond motifs is 1. The molecule has 4 heteroatoms. The van der Waals surface area contributed by atoms with Gasteiger partial charge in [0.25, 0.3) is 5.91 Å². The third-order valence-electron chi connectivity index (χ3n) is 3.14. The molecule has 0 saturated heterocycles. The van der Waals surface area contributed by atoms with Crippen LogP contribution in [0.15, 0.2) is 30.3 Å². The van der Waals surface area contributed by atoms with Crippen molar-refractivity contribution in [2.24, 2.45) is 0 Å². The van der Waals surface area contributed by atoms with E-state index in [4.69, 9.17) is 11.6 Å². The van der Waals surface area contributed by atoms with Crippen molar-refractivity contribution in [1.82, 2.24) is 5.32 Å². The Morgan fingerprint density at radius 1 is 1.41 bits per heavy atom. The second-order valence-corrected chi connectivity index (χ2v) is 5.87. The number of halogens is 1. The van der Waals surface area contributed by atoms with Crippen LogP contribution in [0.5, 0.6) is 0 Å². The standard InChI is InChI=1S/C13H12ClNOS/c14-8-13(5-6-13)15-12(16)11-7-9-3-1-2-4-10(9)17-11/h1-4,7H,5-6,8H2,(H,15,16). The smallest absolute Gasteiger partial charge is 0.261 e. The van der Waals surface area contributed by atoms with Crippen molar-refractivity contribution in [2.45, 2.75) is 18.4 Å². The number of carbonyl (C=O) groups excluding carboxylic acids is 1. The molecular weight excluding hydrogens is 254 g/mol. The van der Waals surface area contributed by atoms with Gasteiger partial charge < -0.3 is 5.32 Å². The summed E-state index contributed by atoms with van der Waals surface area (Å²) in [4.78, 5) is 12.8. The molecule has 1 heterocycles. The Balaban J connectivity index is 1.86. The maximum absolute atomic E-state index is 12.1. The summed E-state index contributed by atoms with van der Waals surface area (Å²) in [6.07, 6.45) is 1.99. The molecule has 1 N–H and O–H groups in total. The van der Waals surface area contributed by atoms with Gasteiger partial charge in [-0.15, -0.1) is 22.9 Å². The van der Waals surface area contributed by atoms with E-state index in [9.17, 15) is 4.79 Å². The molecule has 2 aromatic rings. The molecule has 0 atom stereocenters. The molecule has 0 bridgehead atoms. The normalized spacial score (nSPS) is 17.0. The highest BCUT2D eigenvalue weighted by atomic mass is 35.5. The molecule has 1 aliphatic rings. The third kappa shape index (κ3) is 2.05. The second-order valence-electron chi connectivity index (χ2n) is 4.52. The summed E-state index contributed by atoms with van der Waals surface area (Å²) >= 11 is 7.38. The van der Waals surface area contributed by atoms with Crippen LogP contribution in [-0.2, 0) is 0 Å². The van der Waals surface area contributed by atoms with E-state index in [1.807, 2.05) is 30.3 Å². The van der Waals surface area contributed by atoms with E-state index in [-0.39, 0.29) is 11.4 Å². The van der Waals surface area contributed by atoms with Crippen molar-refractivity contribution in [2.75, 3.05) is 5.88 Å². The van der Waals surface area contributed by atoms with Gasteiger partial charge in [0.2, 0.25) is 0 Å². The lowest BCUT2D eigenvalue weighted by atomic mass is 10.2. The molecule has 0 aliphatic heterocycles. The lowest BCUT2D eigenvalue weighted by molar-refractivity contribution is 0.0940. The summed E-state index contributed by atoms with van der Waals surface area (Å²) in [5.74, 6) is 0.508. The Morgan fingerprint density at radius 3 is 2.82 bits per heavy atom. The number of carbonyl (C=O) groups is 1. The number of hydrogen-bond acceptors (Lipinski definition) is 2. The van der Waals surface area contributed by atoms with Gasteiger partial charge in [0, 0.05) is 10.6 Å². The van der Waals surface area contributed by atoms with E-state index in [1.54, 1.807) is 0 Å². The van der Waals surface area contributed by atoms with Gasteiger partial charge in [0.15, 0.2) is 0 Å². The molecule has 3 rings (SSSR count). The fourth-order valence-corrected chi connectivity index (χ4v) is 3.13. The molecular formula is C13H12ClNOS. The first kappa shape index (κ1) is 11.1. The predicted octanol–water partition coefficient (Wildman–Crippen LogP) is 3.40. The van der Waals surface area contributed by atoms with Gasteiger partial charge >= 0.3 is 0 Å². The fraction of sp³-hybridized carbons (Fsp3) is 0.308. The van der Waals surface area contributed by atoms with Crippen LogP contribution in [0.25, 0.3) is 10.1 Å². The second kappa shape index (κ2) is 4.00. The summed E-state index contributed by atoms with van der Waals surface area (Å²) in [6.45, 7) is 0. The molecule has 1 saturated carbocycles. The Morgan fingerprint density at radius 2 is 2.18 bits per heavy atom. The number of benzene rings is 1. The first-order chi connectivity index (χ1) is 8.22. The van der Waals surface area contributed by atoms with Gasteiger partial charge in [0.05, 0.1) is 10.4 Å². The topological polar surface area (TPSA) is 29.1 Å². The Kier molecular flexibility index (Phi) is 2.60. The highest BCUT2D eigenvalue weighted by Crippen LogP contribution is 2.37. The molecule has 0 radical (unpaired) electrons. The third-order valence-corrected chi connectivity index (χ3v) is 4.76. The molecule has 88 valence electrons. The van der Waals surface area contributed by atoms with Crippen LogP contribution in [0.3, 0.4) is 0 Å². The minimum Gasteiger partial charge on any atom is -0.345 e. The van der Waals surface area contributed by atoms with Gasteiger partial charge in [-0.3, -0.25) is 4.79 Å². The molecule has 0 unspecified atom stereocenters. The highest BCUT2D eigenvalue weighted by molar-refractivity contribution is 7.20. The van der Waals surface area contributed by atoms with Crippen LogP contribution in [-0.4, -0.2) is 17.3 Å². The zero-order chi connectivity index (χ0) is 11.9. The van der Waals surface area contributed by atoms with Crippen molar-refractivity contribution >= 4 is 38.9 Å². The summed E-state index contributed by atoms with van der Waals surface area (Å²) < 4.78 is 1.15. The number of hydrogen-bond donors (Lipinski definition) is 1. The van der Waals surface area contributed by atoms with Gasteiger partial charge in [-0.2, -0.15) is 0 Å². The molecule has 1 aromatic carbocycles. The summed E-state index contributed by atoms with van der Waals surface area (Å²) in [6, 6.07) is 9.97. The summed E-state index contributed by atoms with van der Waals surface area (Å²) in [5.41, 5.74) is -0.130. The largest absolute Gasteiger partial charge is 0.345 e. The van der Waals surface area contributed by atoms with Crippen molar-refractivity contribution in [1.29, 1.82) is 0 Å². The van der Waals surface area contributed by atoms with Gasteiger partial charge in [-0.05, 0) is 30.4 Å². The van der Waals surface area contributed by atoms with Gasteiger partial charge in [0.1, 0.15) is 0 Å². The van der Waals surface area contributed by atoms with E-state index in [2.05, 4.69) is 5.32 Å². The van der Waals surface area contributed by atoms with E-state index in [0.29, 0.717) is 5.88 Å². The molecule has 1 aromatic heterocycles. The number of alkyl halides is 1. The average molecular weight is 266 g/mol. The molecule has 1 fully saturated rings. The first-order valence-corrected chi connectivity index (χ1v) is 6.95. The monoisotopic (exact) mass is 265 g/mol. The Bertz CT molecular complexity index is 541. The fourth-order valence-electron chi connectivity index (χ4n) is 1.84. The van der Waals surface area contributed by atoms with Crippen LogP contribution in [0.2, 0.25) is 0 Å². The first-order valence-electron chi connectivity index (χ1n) is 5.59. The van der Waals surface area contributed by atoms with E-state index in [0.717, 1.165) is 27.8 Å². The van der Waals surface area contributed by atoms with Crippen molar-refractivity contribution in [3.05, 3.63) is 35.2 Å². The quantitative estimate of drug-likeness (QED) is 0.847. The Labute approximate surface area is 109 Å². The Hall–Kier alpha value is -1.06. The van der Waals surface area contributed by atoms with Crippen molar-refractivity contribution in [3.63, 3.8) is 0 Å². The van der Waals surface area contributed by atoms with Crippen LogP contribution >= 0.6 is 22.9 Å². The van der Waals surface area contributed by atoms with E-state index < -0.39 is 0 Å². The zero-order valence-corrected chi connectivity index (χ0v) is 10.8. The van der Waals surface area contributed by atoms with E-state index >= 15 is 0 Å². The minimum absolute atomic E-state index is 0.00403. The lowest BCUT2D eigenvalue weighted by Gasteiger charge is -2.12. The maximum atomic E-state index is 12.1. The van der Waals surface area contributed by atoms with E-state index in [1.165, 1.54) is 11.3 Å². The number of amides is 1. The van der Waals surface area contributed by atoms with Gasteiger partial charge in [-0.25, -0.2) is 0 Å². The molecule has 2 nitrogen and oxygen atoms in total. The number of thiophene rings is 1. The summed E-state index contributed by atoms with van der Waals surface area (Å²) in [5, 5.41) is 4.16. The van der Waals surface area contributed by atoms with Crippen LogP contribution in [0.4, 0.5) is 0 Å². The molecule has 0 spiro atoms. The highest BCUT2D eigenvalue weighted by Gasteiger charge is 2.43.